The van der Waals surface area contributed by atoms with Gasteiger partial charge in [-0.2, -0.15) is 0 Å². The minimum atomic E-state index is -1.01. The number of carbonyl (C=O) groups is 1. The van der Waals surface area contributed by atoms with Gasteiger partial charge in [-0.1, -0.05) is 30.3 Å². The number of ether oxygens (including phenoxy) is 1. The summed E-state index contributed by atoms with van der Waals surface area (Å²) in [6.45, 7) is 2.43. The molecule has 1 aromatic heterocycles. The fraction of sp³-hybridized carbons (Fsp3) is 0.333. The highest BCUT2D eigenvalue weighted by atomic mass is 16.5. The lowest BCUT2D eigenvalue weighted by Gasteiger charge is -2.03. The van der Waals surface area contributed by atoms with Gasteiger partial charge in [-0.15, -0.1) is 0 Å². The van der Waals surface area contributed by atoms with Crippen LogP contribution in [-0.4, -0.2) is 23.3 Å². The van der Waals surface area contributed by atoms with Crippen molar-refractivity contribution in [3.05, 3.63) is 41.2 Å². The first-order chi connectivity index (χ1) is 9.67. The number of aryl methyl sites for hydroxylation is 1. The van der Waals surface area contributed by atoms with E-state index in [4.69, 9.17) is 9.26 Å². The predicted octanol–water partition coefficient (Wildman–Crippen LogP) is 3.14. The van der Waals surface area contributed by atoms with Crippen molar-refractivity contribution in [1.82, 2.24) is 5.16 Å². The maximum Gasteiger partial charge on any atom is 0.341 e. The van der Waals surface area contributed by atoms with Crippen molar-refractivity contribution in [3.8, 4) is 11.3 Å². The van der Waals surface area contributed by atoms with Crippen LogP contribution in [0.25, 0.3) is 11.3 Å². The van der Waals surface area contributed by atoms with E-state index in [1.165, 1.54) is 0 Å². The minimum Gasteiger partial charge on any atom is -0.477 e. The molecule has 0 bridgehead atoms. The van der Waals surface area contributed by atoms with E-state index in [1.807, 2.05) is 31.2 Å². The second-order valence-corrected chi connectivity index (χ2v) is 4.52. The number of hydrogen-bond acceptors (Lipinski definition) is 4. The van der Waals surface area contributed by atoms with Gasteiger partial charge in [0.15, 0.2) is 5.76 Å². The molecule has 0 radical (unpaired) electrons. The zero-order chi connectivity index (χ0) is 14.5. The lowest BCUT2D eigenvalue weighted by Crippen LogP contribution is -2.01. The second-order valence-electron chi connectivity index (χ2n) is 4.52. The van der Waals surface area contributed by atoms with E-state index in [-0.39, 0.29) is 5.56 Å². The molecular formula is C15H17NO4. The van der Waals surface area contributed by atoms with Crippen molar-refractivity contribution in [2.75, 3.05) is 7.11 Å². The van der Waals surface area contributed by atoms with Crippen LogP contribution in [0.3, 0.4) is 0 Å². The number of aromatic carboxylic acids is 1. The van der Waals surface area contributed by atoms with Crippen molar-refractivity contribution >= 4 is 5.97 Å². The van der Waals surface area contributed by atoms with Crippen LogP contribution in [0.5, 0.6) is 0 Å². The number of rotatable bonds is 6. The Labute approximate surface area is 117 Å². The first kappa shape index (κ1) is 14.3. The van der Waals surface area contributed by atoms with Gasteiger partial charge < -0.3 is 14.4 Å². The molecule has 20 heavy (non-hydrogen) atoms. The van der Waals surface area contributed by atoms with Crippen molar-refractivity contribution in [3.63, 3.8) is 0 Å². The van der Waals surface area contributed by atoms with Gasteiger partial charge in [0.05, 0.1) is 6.61 Å². The van der Waals surface area contributed by atoms with E-state index in [2.05, 4.69) is 5.16 Å². The molecule has 2 rings (SSSR count). The summed E-state index contributed by atoms with van der Waals surface area (Å²) in [5.41, 5.74) is 2.21. The Hall–Kier alpha value is -2.14. The van der Waals surface area contributed by atoms with Crippen LogP contribution in [0.15, 0.2) is 28.8 Å². The van der Waals surface area contributed by atoms with E-state index in [0.717, 1.165) is 17.5 Å². The highest BCUT2D eigenvalue weighted by Gasteiger charge is 2.22. The average Bonchev–Trinajstić information content (AvgIpc) is 2.84. The number of carboxylic acid groups (broad SMARTS) is 1. The van der Waals surface area contributed by atoms with Crippen LogP contribution in [0.2, 0.25) is 0 Å². The van der Waals surface area contributed by atoms with Crippen LogP contribution >= 0.6 is 0 Å². The quantitative estimate of drug-likeness (QED) is 0.876. The van der Waals surface area contributed by atoms with Gasteiger partial charge in [0.25, 0.3) is 0 Å². The summed E-state index contributed by atoms with van der Waals surface area (Å²) in [5.74, 6) is -0.589. The van der Waals surface area contributed by atoms with Gasteiger partial charge in [-0.05, 0) is 18.1 Å². The molecule has 0 aliphatic heterocycles. The summed E-state index contributed by atoms with van der Waals surface area (Å²) in [6, 6.07) is 7.45. The van der Waals surface area contributed by atoms with Crippen LogP contribution in [0.4, 0.5) is 0 Å². The van der Waals surface area contributed by atoms with Crippen molar-refractivity contribution < 1.29 is 19.2 Å². The largest absolute Gasteiger partial charge is 0.477 e. The van der Waals surface area contributed by atoms with E-state index in [1.54, 1.807) is 7.11 Å². The highest BCUT2D eigenvalue weighted by molar-refractivity contribution is 5.95. The number of hydrogen-bond donors (Lipinski definition) is 1. The van der Waals surface area contributed by atoms with Crippen molar-refractivity contribution in [1.29, 1.82) is 0 Å². The second kappa shape index (κ2) is 6.34. The van der Waals surface area contributed by atoms with Gasteiger partial charge in [0.1, 0.15) is 11.3 Å². The first-order valence-electron chi connectivity index (χ1n) is 6.47. The molecule has 106 valence electrons. The molecule has 1 aromatic carbocycles. The molecule has 1 N–H and O–H groups in total. The molecule has 0 unspecified atom stereocenters. The monoisotopic (exact) mass is 275 g/mol. The Morgan fingerprint density at radius 1 is 1.45 bits per heavy atom. The van der Waals surface area contributed by atoms with Crippen LogP contribution < -0.4 is 0 Å². The highest BCUT2D eigenvalue weighted by Crippen LogP contribution is 2.27. The van der Waals surface area contributed by atoms with E-state index >= 15 is 0 Å². The lowest BCUT2D eigenvalue weighted by molar-refractivity contribution is 0.0695. The lowest BCUT2D eigenvalue weighted by atomic mass is 10.0. The van der Waals surface area contributed by atoms with E-state index in [9.17, 15) is 9.90 Å². The third-order valence-corrected chi connectivity index (χ3v) is 2.97. The number of nitrogens with zero attached hydrogens (tertiary/aromatic N) is 1. The molecule has 0 spiro atoms. The first-order valence-corrected chi connectivity index (χ1v) is 6.47. The predicted molar refractivity (Wildman–Crippen MR) is 73.6 cm³/mol. The summed E-state index contributed by atoms with van der Waals surface area (Å²) in [5, 5.41) is 13.3. The average molecular weight is 275 g/mol. The summed E-state index contributed by atoms with van der Waals surface area (Å²) >= 11 is 0. The fourth-order valence-electron chi connectivity index (χ4n) is 2.11. The van der Waals surface area contributed by atoms with Crippen LogP contribution in [-0.2, 0) is 17.8 Å². The standard InChI is InChI=1S/C15H17NO4/c1-3-5-12-13(15(17)18)14(16-20-12)11-7-4-6-10(8-11)9-19-2/h4,6-8H,3,5,9H2,1-2H3,(H,17,18). The molecule has 0 saturated heterocycles. The molecule has 0 saturated carbocycles. The zero-order valence-corrected chi connectivity index (χ0v) is 11.5. The van der Waals surface area contributed by atoms with Gasteiger partial charge in [-0.3, -0.25) is 0 Å². The van der Waals surface area contributed by atoms with E-state index in [0.29, 0.717) is 24.5 Å². The minimum absolute atomic E-state index is 0.154. The van der Waals surface area contributed by atoms with Crippen molar-refractivity contribution in [2.45, 2.75) is 26.4 Å². The van der Waals surface area contributed by atoms with E-state index < -0.39 is 5.97 Å². The smallest absolute Gasteiger partial charge is 0.341 e. The molecular weight excluding hydrogens is 258 g/mol. The summed E-state index contributed by atoms with van der Waals surface area (Å²) < 4.78 is 10.3. The normalized spacial score (nSPS) is 10.7. The number of aromatic nitrogens is 1. The Morgan fingerprint density at radius 3 is 2.90 bits per heavy atom. The number of methoxy groups -OCH3 is 1. The third kappa shape index (κ3) is 2.88. The molecule has 2 aromatic rings. The van der Waals surface area contributed by atoms with Crippen molar-refractivity contribution in [2.24, 2.45) is 0 Å². The van der Waals surface area contributed by atoms with Crippen LogP contribution in [0.1, 0.15) is 35.0 Å². The molecule has 0 aliphatic carbocycles. The Balaban J connectivity index is 2.46. The van der Waals surface area contributed by atoms with Gasteiger partial charge >= 0.3 is 5.97 Å². The molecule has 5 heteroatoms. The maximum absolute atomic E-state index is 11.4. The summed E-state index contributed by atoms with van der Waals surface area (Å²) in [4.78, 5) is 11.4. The van der Waals surface area contributed by atoms with Crippen LogP contribution in [0, 0.1) is 0 Å². The molecule has 1 heterocycles. The Kier molecular flexibility index (Phi) is 4.53. The molecule has 0 aliphatic rings. The van der Waals surface area contributed by atoms with Gasteiger partial charge in [-0.25, -0.2) is 4.79 Å². The van der Waals surface area contributed by atoms with Gasteiger partial charge in [0, 0.05) is 19.1 Å². The summed E-state index contributed by atoms with van der Waals surface area (Å²) in [6.07, 6.45) is 1.37. The SMILES string of the molecule is CCCc1onc(-c2cccc(COC)c2)c1C(=O)O. The Morgan fingerprint density at radius 2 is 2.25 bits per heavy atom. The molecule has 0 atom stereocenters. The topological polar surface area (TPSA) is 72.6 Å². The molecule has 5 nitrogen and oxygen atoms in total. The Bertz CT molecular complexity index is 604. The fourth-order valence-corrected chi connectivity index (χ4v) is 2.11. The zero-order valence-electron chi connectivity index (χ0n) is 11.5. The maximum atomic E-state index is 11.4. The van der Waals surface area contributed by atoms with Gasteiger partial charge in [0.2, 0.25) is 0 Å². The number of carboxylic acids is 1. The summed E-state index contributed by atoms with van der Waals surface area (Å²) in [7, 11) is 1.62. The molecule has 0 amide bonds. The number of benzene rings is 1. The molecule has 0 fully saturated rings. The third-order valence-electron chi connectivity index (χ3n) is 2.97.